The zero-order valence-electron chi connectivity index (χ0n) is 12.6. The van der Waals surface area contributed by atoms with Crippen LogP contribution >= 0.6 is 0 Å². The highest BCUT2D eigenvalue weighted by Crippen LogP contribution is 2.33. The van der Waals surface area contributed by atoms with E-state index >= 15 is 0 Å². The van der Waals surface area contributed by atoms with E-state index in [1.54, 1.807) is 4.90 Å². The van der Waals surface area contributed by atoms with Crippen LogP contribution in [0.15, 0.2) is 36.4 Å². The molecule has 1 N–H and O–H groups in total. The molecule has 1 saturated heterocycles. The Hall–Kier alpha value is -2.63. The average Bonchev–Trinajstić information content (AvgIpc) is 2.88. The van der Waals surface area contributed by atoms with Crippen molar-refractivity contribution in [3.63, 3.8) is 0 Å². The maximum Gasteiger partial charge on any atom is 0.328 e. The van der Waals surface area contributed by atoms with Crippen LogP contribution in [0, 0.1) is 0 Å². The van der Waals surface area contributed by atoms with Crippen molar-refractivity contribution in [3.05, 3.63) is 42.0 Å². The van der Waals surface area contributed by atoms with Gasteiger partial charge in [-0.3, -0.25) is 9.59 Å². The molecule has 0 aromatic heterocycles. The van der Waals surface area contributed by atoms with Crippen molar-refractivity contribution in [2.75, 3.05) is 18.0 Å². The zero-order chi connectivity index (χ0) is 16.4. The molecule has 6 heteroatoms. The van der Waals surface area contributed by atoms with Crippen LogP contribution in [0.2, 0.25) is 0 Å². The number of nitrogens with zero attached hydrogens (tertiary/aromatic N) is 2. The molecule has 0 spiro atoms. The van der Waals surface area contributed by atoms with E-state index in [2.05, 4.69) is 0 Å². The molecule has 0 atom stereocenters. The van der Waals surface area contributed by atoms with Crippen LogP contribution in [-0.4, -0.2) is 46.9 Å². The van der Waals surface area contributed by atoms with Crippen LogP contribution in [0.3, 0.4) is 0 Å². The van der Waals surface area contributed by atoms with Gasteiger partial charge in [0, 0.05) is 37.0 Å². The molecule has 23 heavy (non-hydrogen) atoms. The Labute approximate surface area is 134 Å². The molecule has 2 amide bonds. The van der Waals surface area contributed by atoms with Crippen LogP contribution in [-0.2, 0) is 20.8 Å². The second-order valence-corrected chi connectivity index (χ2v) is 5.80. The number of benzene rings is 1. The topological polar surface area (TPSA) is 77.9 Å². The number of aliphatic carboxylic acids is 1. The van der Waals surface area contributed by atoms with Gasteiger partial charge in [0.25, 0.3) is 0 Å². The number of fused-ring (bicyclic) bond motifs is 1. The van der Waals surface area contributed by atoms with Crippen LogP contribution in [0.4, 0.5) is 5.69 Å². The van der Waals surface area contributed by atoms with Gasteiger partial charge in [0.1, 0.15) is 0 Å². The van der Waals surface area contributed by atoms with Gasteiger partial charge >= 0.3 is 5.97 Å². The number of anilines is 1. The number of carboxylic acids is 1. The minimum Gasteiger partial charge on any atom is -0.478 e. The molecule has 3 rings (SSSR count). The summed E-state index contributed by atoms with van der Waals surface area (Å²) < 4.78 is 0. The molecule has 0 saturated carbocycles. The van der Waals surface area contributed by atoms with E-state index in [0.717, 1.165) is 23.4 Å². The number of para-hydroxylation sites is 1. The Morgan fingerprint density at radius 3 is 2.52 bits per heavy atom. The van der Waals surface area contributed by atoms with Gasteiger partial charge in [-0.2, -0.15) is 0 Å². The Balaban J connectivity index is 1.65. The largest absolute Gasteiger partial charge is 0.478 e. The molecule has 1 fully saturated rings. The fourth-order valence-corrected chi connectivity index (χ4v) is 3.27. The lowest BCUT2D eigenvalue weighted by Gasteiger charge is -2.36. The Morgan fingerprint density at radius 2 is 1.83 bits per heavy atom. The second kappa shape index (κ2) is 6.24. The van der Waals surface area contributed by atoms with E-state index < -0.39 is 5.97 Å². The van der Waals surface area contributed by atoms with Crippen molar-refractivity contribution in [1.29, 1.82) is 0 Å². The van der Waals surface area contributed by atoms with Gasteiger partial charge in [0.05, 0.1) is 6.42 Å². The van der Waals surface area contributed by atoms with Crippen molar-refractivity contribution in [2.45, 2.75) is 25.3 Å². The fourth-order valence-electron chi connectivity index (χ4n) is 3.27. The zero-order valence-corrected chi connectivity index (χ0v) is 12.6. The van der Waals surface area contributed by atoms with Gasteiger partial charge < -0.3 is 14.9 Å². The summed E-state index contributed by atoms with van der Waals surface area (Å²) in [6.07, 6.45) is 3.78. The number of hydrogen-bond acceptors (Lipinski definition) is 3. The van der Waals surface area contributed by atoms with Crippen molar-refractivity contribution in [3.8, 4) is 0 Å². The summed E-state index contributed by atoms with van der Waals surface area (Å²) in [6, 6.07) is 7.90. The smallest absolute Gasteiger partial charge is 0.328 e. The first-order chi connectivity index (χ1) is 11.1. The van der Waals surface area contributed by atoms with E-state index in [1.165, 1.54) is 0 Å². The SMILES string of the molecule is O=C(O)/C=C\C(=O)N1CCC(N2C(=O)Cc3ccccc32)CC1. The molecule has 0 bridgehead atoms. The van der Waals surface area contributed by atoms with E-state index in [-0.39, 0.29) is 17.9 Å². The molecule has 2 aliphatic rings. The molecule has 1 aromatic carbocycles. The third kappa shape index (κ3) is 3.11. The summed E-state index contributed by atoms with van der Waals surface area (Å²) >= 11 is 0. The van der Waals surface area contributed by atoms with E-state index in [0.29, 0.717) is 32.4 Å². The number of carboxylic acid groups (broad SMARTS) is 1. The molecule has 120 valence electrons. The first kappa shape index (κ1) is 15.3. The molecule has 6 nitrogen and oxygen atoms in total. The lowest BCUT2D eigenvalue weighted by Crippen LogP contribution is -2.47. The fraction of sp³-hybridized carbons (Fsp3) is 0.353. The molecule has 0 unspecified atom stereocenters. The molecular weight excluding hydrogens is 296 g/mol. The van der Waals surface area contributed by atoms with Gasteiger partial charge in [0.2, 0.25) is 11.8 Å². The Morgan fingerprint density at radius 1 is 1.13 bits per heavy atom. The molecule has 2 heterocycles. The standard InChI is InChI=1S/C17H18N2O4/c20-15(5-6-17(22)23)18-9-7-13(8-10-18)19-14-4-2-1-3-12(14)11-16(19)21/h1-6,13H,7-11H2,(H,22,23)/b6-5-. The lowest BCUT2D eigenvalue weighted by atomic mass is 10.0. The molecular formula is C17H18N2O4. The van der Waals surface area contributed by atoms with Crippen molar-refractivity contribution < 1.29 is 19.5 Å². The normalized spacial score (nSPS) is 18.5. The number of likely N-dealkylation sites (tertiary alicyclic amines) is 1. The van der Waals surface area contributed by atoms with Gasteiger partial charge in [0.15, 0.2) is 0 Å². The summed E-state index contributed by atoms with van der Waals surface area (Å²) in [5.74, 6) is -1.31. The maximum absolute atomic E-state index is 12.3. The minimum absolute atomic E-state index is 0.0960. The second-order valence-electron chi connectivity index (χ2n) is 5.80. The van der Waals surface area contributed by atoms with Crippen LogP contribution < -0.4 is 4.90 Å². The number of amides is 2. The molecule has 0 aliphatic carbocycles. The number of piperidine rings is 1. The number of rotatable bonds is 3. The number of carbonyl (C=O) groups is 3. The average molecular weight is 314 g/mol. The first-order valence-electron chi connectivity index (χ1n) is 7.66. The first-order valence-corrected chi connectivity index (χ1v) is 7.66. The molecule has 0 radical (unpaired) electrons. The minimum atomic E-state index is -1.13. The predicted octanol–water partition coefficient (Wildman–Crippen LogP) is 1.21. The highest BCUT2D eigenvalue weighted by atomic mass is 16.4. The molecule has 1 aromatic rings. The third-order valence-electron chi connectivity index (χ3n) is 4.37. The van der Waals surface area contributed by atoms with Crippen LogP contribution in [0.1, 0.15) is 18.4 Å². The summed E-state index contributed by atoms with van der Waals surface area (Å²) in [4.78, 5) is 38.1. The highest BCUT2D eigenvalue weighted by molar-refractivity contribution is 6.02. The number of carbonyl (C=O) groups excluding carboxylic acids is 2. The van der Waals surface area contributed by atoms with Crippen molar-refractivity contribution >= 4 is 23.5 Å². The summed E-state index contributed by atoms with van der Waals surface area (Å²) in [5, 5.41) is 8.57. The van der Waals surface area contributed by atoms with Gasteiger partial charge in [-0.1, -0.05) is 18.2 Å². The van der Waals surface area contributed by atoms with E-state index in [4.69, 9.17) is 5.11 Å². The number of hydrogen-bond donors (Lipinski definition) is 1. The van der Waals surface area contributed by atoms with Crippen molar-refractivity contribution in [1.82, 2.24) is 4.90 Å². The lowest BCUT2D eigenvalue weighted by molar-refractivity contribution is -0.132. The van der Waals surface area contributed by atoms with Gasteiger partial charge in [-0.15, -0.1) is 0 Å². The summed E-state index contributed by atoms with van der Waals surface area (Å²) in [6.45, 7) is 1.05. The maximum atomic E-state index is 12.3. The van der Waals surface area contributed by atoms with E-state index in [9.17, 15) is 14.4 Å². The van der Waals surface area contributed by atoms with E-state index in [1.807, 2.05) is 29.2 Å². The van der Waals surface area contributed by atoms with Crippen molar-refractivity contribution in [2.24, 2.45) is 0 Å². The predicted molar refractivity (Wildman–Crippen MR) is 84.0 cm³/mol. The third-order valence-corrected chi connectivity index (χ3v) is 4.37. The summed E-state index contributed by atoms with van der Waals surface area (Å²) in [5.41, 5.74) is 2.04. The highest BCUT2D eigenvalue weighted by Gasteiger charge is 2.35. The van der Waals surface area contributed by atoms with Crippen LogP contribution in [0.25, 0.3) is 0 Å². The van der Waals surface area contributed by atoms with Gasteiger partial charge in [-0.25, -0.2) is 4.79 Å². The molecule has 2 aliphatic heterocycles. The van der Waals surface area contributed by atoms with Gasteiger partial charge in [-0.05, 0) is 24.5 Å². The van der Waals surface area contributed by atoms with Crippen LogP contribution in [0.5, 0.6) is 0 Å². The Kier molecular flexibility index (Phi) is 4.14. The Bertz CT molecular complexity index is 675. The summed E-state index contributed by atoms with van der Waals surface area (Å²) in [7, 11) is 0. The quantitative estimate of drug-likeness (QED) is 0.851. The monoisotopic (exact) mass is 314 g/mol.